The molecule has 0 atom stereocenters. The van der Waals surface area contributed by atoms with Gasteiger partial charge in [0, 0.05) is 30.4 Å². The highest BCUT2D eigenvalue weighted by Crippen LogP contribution is 2.31. The molecular formula is C21H19N5O2S. The van der Waals surface area contributed by atoms with Gasteiger partial charge in [0.25, 0.3) is 11.8 Å². The molecule has 0 aliphatic carbocycles. The van der Waals surface area contributed by atoms with Crippen LogP contribution in [-0.4, -0.2) is 46.0 Å². The topological polar surface area (TPSA) is 91.0 Å². The molecule has 8 heteroatoms. The van der Waals surface area contributed by atoms with Gasteiger partial charge in [-0.25, -0.2) is 4.98 Å². The molecule has 0 radical (unpaired) electrons. The van der Waals surface area contributed by atoms with E-state index in [0.717, 1.165) is 27.0 Å². The molecule has 4 aromatic rings. The standard InChI is InChI=1S/C21H19N5O2S/c1-12-23-19(11-29-12)20(27)24-17-8-15(9-18-16(17)10-22-25-18)13-5-4-6-14(7-13)21(28)26(2)3/h4-11H,1-3H3,(H,22,25)(H,24,27). The largest absolute Gasteiger partial charge is 0.345 e. The normalized spacial score (nSPS) is 10.9. The average molecular weight is 405 g/mol. The zero-order valence-corrected chi connectivity index (χ0v) is 17.0. The van der Waals surface area contributed by atoms with Gasteiger partial charge in [-0.3, -0.25) is 14.7 Å². The van der Waals surface area contributed by atoms with Crippen LogP contribution in [-0.2, 0) is 0 Å². The smallest absolute Gasteiger partial charge is 0.275 e. The van der Waals surface area contributed by atoms with Gasteiger partial charge in [0.15, 0.2) is 0 Å². The van der Waals surface area contributed by atoms with Crippen LogP contribution in [0, 0.1) is 6.92 Å². The van der Waals surface area contributed by atoms with Gasteiger partial charge in [-0.15, -0.1) is 11.3 Å². The van der Waals surface area contributed by atoms with Gasteiger partial charge >= 0.3 is 0 Å². The summed E-state index contributed by atoms with van der Waals surface area (Å²) in [6.45, 7) is 1.86. The molecular weight excluding hydrogens is 386 g/mol. The number of carbonyl (C=O) groups is 2. The molecule has 0 saturated heterocycles. The Labute approximate surface area is 171 Å². The molecule has 0 spiro atoms. The summed E-state index contributed by atoms with van der Waals surface area (Å²) in [5, 5.41) is 13.4. The quantitative estimate of drug-likeness (QED) is 0.538. The molecule has 0 aliphatic rings. The second-order valence-corrected chi connectivity index (χ2v) is 7.90. The number of amides is 2. The van der Waals surface area contributed by atoms with Crippen LogP contribution in [0.15, 0.2) is 48.0 Å². The van der Waals surface area contributed by atoms with Crippen molar-refractivity contribution in [2.45, 2.75) is 6.92 Å². The minimum Gasteiger partial charge on any atom is -0.345 e. The summed E-state index contributed by atoms with van der Waals surface area (Å²) >= 11 is 1.43. The van der Waals surface area contributed by atoms with Crippen molar-refractivity contribution < 1.29 is 9.59 Å². The number of H-pyrrole nitrogens is 1. The van der Waals surface area contributed by atoms with E-state index < -0.39 is 0 Å². The third kappa shape index (κ3) is 3.74. The lowest BCUT2D eigenvalue weighted by Gasteiger charge is -2.12. The molecule has 0 fully saturated rings. The van der Waals surface area contributed by atoms with Gasteiger partial charge in [0.05, 0.1) is 22.4 Å². The van der Waals surface area contributed by atoms with Crippen LogP contribution in [0.5, 0.6) is 0 Å². The first-order chi connectivity index (χ1) is 13.9. The lowest BCUT2D eigenvalue weighted by Crippen LogP contribution is -2.21. The van der Waals surface area contributed by atoms with Crippen molar-refractivity contribution >= 4 is 39.7 Å². The number of fused-ring (bicyclic) bond motifs is 1. The molecule has 2 aromatic carbocycles. The highest BCUT2D eigenvalue weighted by Gasteiger charge is 2.15. The molecule has 4 rings (SSSR count). The van der Waals surface area contributed by atoms with Crippen molar-refractivity contribution in [3.8, 4) is 11.1 Å². The average Bonchev–Trinajstić information content (AvgIpc) is 3.36. The van der Waals surface area contributed by atoms with Gasteiger partial charge in [-0.2, -0.15) is 5.10 Å². The highest BCUT2D eigenvalue weighted by atomic mass is 32.1. The molecule has 2 N–H and O–H groups in total. The molecule has 0 saturated carbocycles. The molecule has 2 heterocycles. The maximum absolute atomic E-state index is 12.6. The number of aromatic amines is 1. The van der Waals surface area contributed by atoms with Gasteiger partial charge in [-0.05, 0) is 42.3 Å². The number of hydrogen-bond acceptors (Lipinski definition) is 5. The first-order valence-corrected chi connectivity index (χ1v) is 9.83. The van der Waals surface area contributed by atoms with E-state index in [-0.39, 0.29) is 11.8 Å². The highest BCUT2D eigenvalue weighted by molar-refractivity contribution is 7.09. The van der Waals surface area contributed by atoms with Crippen molar-refractivity contribution in [1.82, 2.24) is 20.1 Å². The van der Waals surface area contributed by atoms with Gasteiger partial charge in [0.1, 0.15) is 5.69 Å². The zero-order valence-electron chi connectivity index (χ0n) is 16.2. The molecule has 0 aliphatic heterocycles. The lowest BCUT2D eigenvalue weighted by molar-refractivity contribution is 0.0827. The number of thiazole rings is 1. The minimum absolute atomic E-state index is 0.0677. The minimum atomic E-state index is -0.273. The Morgan fingerprint density at radius 3 is 2.69 bits per heavy atom. The number of anilines is 1. The molecule has 2 aromatic heterocycles. The third-order valence-corrected chi connectivity index (χ3v) is 5.28. The monoisotopic (exact) mass is 405 g/mol. The number of nitrogens with one attached hydrogen (secondary N) is 2. The number of rotatable bonds is 4. The van der Waals surface area contributed by atoms with Crippen LogP contribution < -0.4 is 5.32 Å². The fraction of sp³-hybridized carbons (Fsp3) is 0.143. The van der Waals surface area contributed by atoms with E-state index in [2.05, 4.69) is 20.5 Å². The Morgan fingerprint density at radius 2 is 1.97 bits per heavy atom. The Balaban J connectivity index is 1.74. The molecule has 146 valence electrons. The van der Waals surface area contributed by atoms with E-state index in [1.807, 2.05) is 37.3 Å². The summed E-state index contributed by atoms with van der Waals surface area (Å²) in [4.78, 5) is 30.7. The van der Waals surface area contributed by atoms with E-state index in [4.69, 9.17) is 0 Å². The Hall–Kier alpha value is -3.52. The maximum Gasteiger partial charge on any atom is 0.275 e. The summed E-state index contributed by atoms with van der Waals surface area (Å²) in [5.74, 6) is -0.340. The summed E-state index contributed by atoms with van der Waals surface area (Å²) < 4.78 is 0. The number of hydrogen-bond donors (Lipinski definition) is 2. The summed E-state index contributed by atoms with van der Waals surface area (Å²) in [6.07, 6.45) is 1.67. The molecule has 7 nitrogen and oxygen atoms in total. The maximum atomic E-state index is 12.6. The number of benzene rings is 2. The molecule has 29 heavy (non-hydrogen) atoms. The van der Waals surface area contributed by atoms with Crippen LogP contribution in [0.4, 0.5) is 5.69 Å². The van der Waals surface area contributed by atoms with Gasteiger partial charge in [0.2, 0.25) is 0 Å². The molecule has 0 bridgehead atoms. The first-order valence-electron chi connectivity index (χ1n) is 8.95. The SMILES string of the molecule is Cc1nc(C(=O)Nc2cc(-c3cccc(C(=O)N(C)C)c3)cc3[nH]ncc23)cs1. The third-order valence-electron chi connectivity index (χ3n) is 4.51. The predicted octanol–water partition coefficient (Wildman–Crippen LogP) is 3.95. The zero-order chi connectivity index (χ0) is 20.5. The van der Waals surface area contributed by atoms with Crippen LogP contribution >= 0.6 is 11.3 Å². The Bertz CT molecular complexity index is 1220. The Morgan fingerprint density at radius 1 is 1.14 bits per heavy atom. The summed E-state index contributed by atoms with van der Waals surface area (Å²) in [6, 6.07) is 11.2. The van der Waals surface area contributed by atoms with Gasteiger partial charge < -0.3 is 10.2 Å². The Kier molecular flexibility index (Phi) is 4.85. The number of nitrogens with zero attached hydrogens (tertiary/aromatic N) is 3. The van der Waals surface area contributed by atoms with E-state index >= 15 is 0 Å². The number of aryl methyl sites for hydroxylation is 1. The van der Waals surface area contributed by atoms with Crippen molar-refractivity contribution in [2.24, 2.45) is 0 Å². The van der Waals surface area contributed by atoms with E-state index in [0.29, 0.717) is 16.9 Å². The second kappa shape index (κ2) is 7.48. The molecule has 2 amide bonds. The van der Waals surface area contributed by atoms with Crippen LogP contribution in [0.1, 0.15) is 25.9 Å². The lowest BCUT2D eigenvalue weighted by atomic mass is 10.0. The molecule has 0 unspecified atom stereocenters. The van der Waals surface area contributed by atoms with Crippen molar-refractivity contribution in [3.63, 3.8) is 0 Å². The van der Waals surface area contributed by atoms with Crippen molar-refractivity contribution in [1.29, 1.82) is 0 Å². The van der Waals surface area contributed by atoms with Gasteiger partial charge in [-0.1, -0.05) is 12.1 Å². The first kappa shape index (κ1) is 18.8. The van der Waals surface area contributed by atoms with Crippen molar-refractivity contribution in [3.05, 3.63) is 64.2 Å². The van der Waals surface area contributed by atoms with Crippen LogP contribution in [0.25, 0.3) is 22.0 Å². The van der Waals surface area contributed by atoms with E-state index in [9.17, 15) is 9.59 Å². The second-order valence-electron chi connectivity index (χ2n) is 6.84. The van der Waals surface area contributed by atoms with E-state index in [1.165, 1.54) is 11.3 Å². The summed E-state index contributed by atoms with van der Waals surface area (Å²) in [5.41, 5.74) is 4.13. The van der Waals surface area contributed by atoms with Crippen LogP contribution in [0.2, 0.25) is 0 Å². The fourth-order valence-electron chi connectivity index (χ4n) is 3.07. The predicted molar refractivity (Wildman–Crippen MR) is 114 cm³/mol. The summed E-state index contributed by atoms with van der Waals surface area (Å²) in [7, 11) is 3.44. The number of carbonyl (C=O) groups excluding carboxylic acids is 2. The van der Waals surface area contributed by atoms with Crippen LogP contribution in [0.3, 0.4) is 0 Å². The fourth-order valence-corrected chi connectivity index (χ4v) is 3.66. The van der Waals surface area contributed by atoms with E-state index in [1.54, 1.807) is 36.6 Å². The number of aromatic nitrogens is 3. The van der Waals surface area contributed by atoms with Crippen molar-refractivity contribution in [2.75, 3.05) is 19.4 Å².